The first-order valence-corrected chi connectivity index (χ1v) is 7.98. The Morgan fingerprint density at radius 1 is 1.24 bits per heavy atom. The Kier molecular flexibility index (Phi) is 2.63. The van der Waals surface area contributed by atoms with Crippen molar-refractivity contribution in [3.8, 4) is 0 Å². The molecule has 0 spiro atoms. The van der Waals surface area contributed by atoms with E-state index in [1.165, 1.54) is 0 Å². The number of aliphatic hydroxyl groups is 1. The van der Waals surface area contributed by atoms with E-state index in [-0.39, 0.29) is 23.6 Å². The molecule has 3 fully saturated rings. The topological polar surface area (TPSA) is 55.8 Å². The van der Waals surface area contributed by atoms with Gasteiger partial charge < -0.3 is 14.6 Å². The molecule has 0 radical (unpaired) electrons. The number of hydrogen-bond acceptors (Lipinski definition) is 4. The van der Waals surface area contributed by atoms with E-state index in [0.717, 1.165) is 24.0 Å². The van der Waals surface area contributed by atoms with E-state index in [0.29, 0.717) is 18.4 Å². The predicted octanol–water partition coefficient (Wildman–Crippen LogP) is 2.06. The molecular formula is C17H24O4. The molecule has 2 saturated carbocycles. The molecule has 0 aromatic carbocycles. The van der Waals surface area contributed by atoms with Gasteiger partial charge >= 0.3 is 0 Å². The van der Waals surface area contributed by atoms with Crippen LogP contribution >= 0.6 is 0 Å². The number of carbonyl (C=O) groups is 1. The summed E-state index contributed by atoms with van der Waals surface area (Å²) >= 11 is 0. The summed E-state index contributed by atoms with van der Waals surface area (Å²) in [6.07, 6.45) is 1.07. The van der Waals surface area contributed by atoms with Crippen molar-refractivity contribution in [1.82, 2.24) is 0 Å². The van der Waals surface area contributed by atoms with E-state index in [1.807, 2.05) is 6.92 Å². The number of Topliss-reactive ketones (excluding diaryl/α,β-unsaturated/α-hetero) is 1. The Balaban J connectivity index is 1.84. The predicted molar refractivity (Wildman–Crippen MR) is 76.4 cm³/mol. The highest BCUT2D eigenvalue weighted by Gasteiger charge is 2.68. The second-order valence-electron chi connectivity index (χ2n) is 8.23. The van der Waals surface area contributed by atoms with Gasteiger partial charge in [0.25, 0.3) is 0 Å². The molecule has 0 bridgehead atoms. The molecular weight excluding hydrogens is 268 g/mol. The van der Waals surface area contributed by atoms with Crippen LogP contribution in [0.4, 0.5) is 0 Å². The molecule has 1 saturated heterocycles. The molecule has 21 heavy (non-hydrogen) atoms. The zero-order valence-electron chi connectivity index (χ0n) is 13.2. The maximum Gasteiger partial charge on any atom is 0.188 e. The highest BCUT2D eigenvalue weighted by Crippen LogP contribution is 2.65. The summed E-state index contributed by atoms with van der Waals surface area (Å²) < 4.78 is 11.7. The van der Waals surface area contributed by atoms with Gasteiger partial charge in [-0.2, -0.15) is 0 Å². The van der Waals surface area contributed by atoms with E-state index >= 15 is 0 Å². The Labute approximate surface area is 125 Å². The first-order valence-electron chi connectivity index (χ1n) is 7.98. The lowest BCUT2D eigenvalue weighted by molar-refractivity contribution is -0.209. The van der Waals surface area contributed by atoms with Crippen molar-refractivity contribution in [2.75, 3.05) is 6.61 Å². The van der Waals surface area contributed by atoms with Crippen LogP contribution in [0.5, 0.6) is 0 Å². The number of fused-ring (bicyclic) bond motifs is 5. The van der Waals surface area contributed by atoms with Gasteiger partial charge in [0, 0.05) is 11.0 Å². The number of aliphatic hydroxyl groups excluding tert-OH is 1. The average molecular weight is 292 g/mol. The van der Waals surface area contributed by atoms with Crippen LogP contribution in [0.25, 0.3) is 0 Å². The summed E-state index contributed by atoms with van der Waals surface area (Å²) in [5.41, 5.74) is 1.66. The summed E-state index contributed by atoms with van der Waals surface area (Å²) in [6.45, 7) is 9.02. The van der Waals surface area contributed by atoms with Gasteiger partial charge in [0.15, 0.2) is 12.1 Å². The van der Waals surface area contributed by atoms with Crippen molar-refractivity contribution in [2.45, 2.75) is 59.0 Å². The quantitative estimate of drug-likeness (QED) is 0.742. The van der Waals surface area contributed by atoms with Gasteiger partial charge in [-0.15, -0.1) is 0 Å². The molecule has 0 amide bonds. The molecule has 4 heteroatoms. The Hall–Kier alpha value is -0.710. The third-order valence-electron chi connectivity index (χ3n) is 6.31. The fourth-order valence-electron chi connectivity index (χ4n) is 5.40. The summed E-state index contributed by atoms with van der Waals surface area (Å²) in [7, 11) is 0. The van der Waals surface area contributed by atoms with Crippen LogP contribution in [0.3, 0.4) is 0 Å². The van der Waals surface area contributed by atoms with Crippen LogP contribution in [0.15, 0.2) is 11.1 Å². The number of hydrogen-bond donors (Lipinski definition) is 1. The number of rotatable bonds is 0. The minimum absolute atomic E-state index is 0.0000463. The zero-order chi connectivity index (χ0) is 15.2. The average Bonchev–Trinajstić information content (AvgIpc) is 2.75. The summed E-state index contributed by atoms with van der Waals surface area (Å²) in [6, 6.07) is 0. The van der Waals surface area contributed by atoms with Crippen LogP contribution in [0, 0.1) is 22.7 Å². The molecule has 4 aliphatic rings. The van der Waals surface area contributed by atoms with Gasteiger partial charge in [-0.25, -0.2) is 0 Å². The number of ketones is 1. The molecule has 4 nitrogen and oxygen atoms in total. The molecule has 4 rings (SSSR count). The highest BCUT2D eigenvalue weighted by molar-refractivity contribution is 6.09. The standard InChI is InChI=1S/C17H24O4/c1-8-20-7-10-12-13(18)15(19)17(12,4)11-6-16(2,3)5-9(11)14(10)21-8/h8-9,11,14-15,19H,5-7H2,1-4H3/t8?,9-,11+,14+,15-,17-/m1/s1. The lowest BCUT2D eigenvalue weighted by Crippen LogP contribution is -2.64. The summed E-state index contributed by atoms with van der Waals surface area (Å²) in [5.74, 6) is 0.606. The van der Waals surface area contributed by atoms with Gasteiger partial charge in [-0.1, -0.05) is 20.8 Å². The van der Waals surface area contributed by atoms with Gasteiger partial charge in [-0.05, 0) is 42.6 Å². The largest absolute Gasteiger partial charge is 0.384 e. The molecule has 1 aliphatic heterocycles. The van der Waals surface area contributed by atoms with Crippen molar-refractivity contribution in [3.05, 3.63) is 11.1 Å². The number of ether oxygens (including phenoxy) is 2. The summed E-state index contributed by atoms with van der Waals surface area (Å²) in [4.78, 5) is 12.3. The maximum atomic E-state index is 12.3. The van der Waals surface area contributed by atoms with Gasteiger partial charge in [0.2, 0.25) is 0 Å². The Bertz CT molecular complexity index is 549. The monoisotopic (exact) mass is 292 g/mol. The number of carbonyl (C=O) groups excluding carboxylic acids is 1. The van der Waals surface area contributed by atoms with Gasteiger partial charge in [0.1, 0.15) is 6.10 Å². The molecule has 1 N–H and O–H groups in total. The van der Waals surface area contributed by atoms with Crippen LogP contribution in [0.2, 0.25) is 0 Å². The van der Waals surface area contributed by atoms with Crippen LogP contribution in [0.1, 0.15) is 40.5 Å². The zero-order valence-corrected chi connectivity index (χ0v) is 13.2. The molecule has 0 aromatic heterocycles. The second kappa shape index (κ2) is 3.98. The highest BCUT2D eigenvalue weighted by atomic mass is 16.7. The van der Waals surface area contributed by atoms with Crippen LogP contribution in [-0.2, 0) is 14.3 Å². The normalized spacial score (nSPS) is 51.1. The maximum absolute atomic E-state index is 12.3. The van der Waals surface area contributed by atoms with E-state index in [1.54, 1.807) is 0 Å². The molecule has 0 aromatic rings. The fourth-order valence-corrected chi connectivity index (χ4v) is 5.40. The van der Waals surface area contributed by atoms with E-state index in [9.17, 15) is 9.90 Å². The van der Waals surface area contributed by atoms with Crippen LogP contribution in [-0.4, -0.2) is 36.0 Å². The molecule has 3 aliphatic carbocycles. The lowest BCUT2D eigenvalue weighted by atomic mass is 9.48. The van der Waals surface area contributed by atoms with Crippen molar-refractivity contribution >= 4 is 5.78 Å². The SMILES string of the molecule is CC1OCC2=C3C(=O)[C@@H](O)[C@]3(C)[C@H]3CC(C)(C)C[C@H]3[C@@H]2O1. The Morgan fingerprint density at radius 3 is 2.67 bits per heavy atom. The third-order valence-corrected chi connectivity index (χ3v) is 6.31. The summed E-state index contributed by atoms with van der Waals surface area (Å²) in [5, 5.41) is 10.4. The minimum Gasteiger partial charge on any atom is -0.384 e. The lowest BCUT2D eigenvalue weighted by Gasteiger charge is -2.57. The molecule has 1 unspecified atom stereocenters. The minimum atomic E-state index is -0.846. The smallest absolute Gasteiger partial charge is 0.188 e. The van der Waals surface area contributed by atoms with Crippen molar-refractivity contribution in [2.24, 2.45) is 22.7 Å². The van der Waals surface area contributed by atoms with E-state index in [2.05, 4.69) is 20.8 Å². The van der Waals surface area contributed by atoms with Crippen molar-refractivity contribution in [1.29, 1.82) is 0 Å². The Morgan fingerprint density at radius 2 is 1.95 bits per heavy atom. The molecule has 1 heterocycles. The first-order chi connectivity index (χ1) is 9.75. The fraction of sp³-hybridized carbons (Fsp3) is 0.824. The van der Waals surface area contributed by atoms with Gasteiger partial charge in [0.05, 0.1) is 12.7 Å². The van der Waals surface area contributed by atoms with Crippen molar-refractivity contribution in [3.63, 3.8) is 0 Å². The van der Waals surface area contributed by atoms with Crippen molar-refractivity contribution < 1.29 is 19.4 Å². The third kappa shape index (κ3) is 1.59. The van der Waals surface area contributed by atoms with E-state index in [4.69, 9.17) is 9.47 Å². The van der Waals surface area contributed by atoms with Crippen LogP contribution < -0.4 is 0 Å². The molecule has 116 valence electrons. The molecule has 6 atom stereocenters. The first kappa shape index (κ1) is 13.9. The van der Waals surface area contributed by atoms with E-state index < -0.39 is 11.5 Å². The van der Waals surface area contributed by atoms with Gasteiger partial charge in [-0.3, -0.25) is 4.79 Å². The second-order valence-corrected chi connectivity index (χ2v) is 8.23.